The number of carbonyl (C=O) groups excluding carboxylic acids is 2. The van der Waals surface area contributed by atoms with Crippen molar-refractivity contribution in [1.82, 2.24) is 9.80 Å². The van der Waals surface area contributed by atoms with Gasteiger partial charge in [0, 0.05) is 33.3 Å². The smallest absolute Gasteiger partial charge is 0.260 e. The summed E-state index contributed by atoms with van der Waals surface area (Å²) in [5.74, 6) is -0.244. The fraction of sp³-hybridized carbons (Fsp3) is 0.867. The van der Waals surface area contributed by atoms with Gasteiger partial charge >= 0.3 is 0 Å². The molecule has 2 unspecified atom stereocenters. The third-order valence-corrected chi connectivity index (χ3v) is 5.22. The van der Waals surface area contributed by atoms with E-state index in [1.807, 2.05) is 4.90 Å². The maximum Gasteiger partial charge on any atom is 0.260 e. The molecular weight excluding hydrogens is 275 g/mol. The predicted molar refractivity (Wildman–Crippen MR) is 74.3 cm³/mol. The van der Waals surface area contributed by atoms with Gasteiger partial charge in [0.1, 0.15) is 0 Å². The second-order valence-electron chi connectivity index (χ2n) is 6.50. The Balaban J connectivity index is 1.62. The van der Waals surface area contributed by atoms with Gasteiger partial charge in [-0.15, -0.1) is 0 Å². The number of piperidine rings is 1. The van der Waals surface area contributed by atoms with Gasteiger partial charge in [0.15, 0.2) is 5.67 Å². The SMILES string of the molecule is COCCN1CCC2CN(C(=O)C3(F)CCC3)CC2C1=O. The van der Waals surface area contributed by atoms with Crippen molar-refractivity contribution < 1.29 is 18.7 Å². The number of methoxy groups -OCH3 is 1. The van der Waals surface area contributed by atoms with Crippen LogP contribution in [0.2, 0.25) is 0 Å². The van der Waals surface area contributed by atoms with E-state index >= 15 is 0 Å². The zero-order valence-electron chi connectivity index (χ0n) is 12.5. The summed E-state index contributed by atoms with van der Waals surface area (Å²) in [6.45, 7) is 2.77. The van der Waals surface area contributed by atoms with Crippen LogP contribution < -0.4 is 0 Å². The maximum absolute atomic E-state index is 14.3. The van der Waals surface area contributed by atoms with E-state index in [-0.39, 0.29) is 23.7 Å². The first-order chi connectivity index (χ1) is 10.0. The summed E-state index contributed by atoms with van der Waals surface area (Å²) in [6, 6.07) is 0. The lowest BCUT2D eigenvalue weighted by Gasteiger charge is -2.35. The number of rotatable bonds is 4. The van der Waals surface area contributed by atoms with Crippen molar-refractivity contribution in [1.29, 1.82) is 0 Å². The van der Waals surface area contributed by atoms with E-state index in [0.29, 0.717) is 45.6 Å². The zero-order valence-corrected chi connectivity index (χ0v) is 12.5. The minimum Gasteiger partial charge on any atom is -0.383 e. The van der Waals surface area contributed by atoms with Gasteiger partial charge in [0.2, 0.25) is 5.91 Å². The Bertz CT molecular complexity index is 439. The van der Waals surface area contributed by atoms with Gasteiger partial charge in [-0.1, -0.05) is 0 Å². The number of hydrogen-bond donors (Lipinski definition) is 0. The summed E-state index contributed by atoms with van der Waals surface area (Å²) >= 11 is 0. The monoisotopic (exact) mass is 298 g/mol. The number of likely N-dealkylation sites (tertiary alicyclic amines) is 2. The lowest BCUT2D eigenvalue weighted by molar-refractivity contribution is -0.149. The summed E-state index contributed by atoms with van der Waals surface area (Å²) in [5.41, 5.74) is -1.65. The minimum absolute atomic E-state index is 0.0973. The van der Waals surface area contributed by atoms with Crippen LogP contribution in [0.3, 0.4) is 0 Å². The lowest BCUT2D eigenvalue weighted by atomic mass is 9.81. The van der Waals surface area contributed by atoms with E-state index in [1.165, 1.54) is 0 Å². The van der Waals surface area contributed by atoms with Crippen LogP contribution in [0.25, 0.3) is 0 Å². The van der Waals surface area contributed by atoms with Crippen LogP contribution in [0.15, 0.2) is 0 Å². The molecule has 0 bridgehead atoms. The van der Waals surface area contributed by atoms with Crippen molar-refractivity contribution in [3.05, 3.63) is 0 Å². The summed E-state index contributed by atoms with van der Waals surface area (Å²) < 4.78 is 19.3. The number of nitrogens with zero attached hydrogens (tertiary/aromatic N) is 2. The number of halogens is 1. The number of alkyl halides is 1. The molecule has 3 fully saturated rings. The number of carbonyl (C=O) groups is 2. The Kier molecular flexibility index (Phi) is 3.90. The average molecular weight is 298 g/mol. The Morgan fingerprint density at radius 2 is 2.19 bits per heavy atom. The fourth-order valence-corrected chi connectivity index (χ4v) is 3.68. The third kappa shape index (κ3) is 2.54. The molecular formula is C15H23FN2O3. The molecule has 1 aliphatic carbocycles. The van der Waals surface area contributed by atoms with Gasteiger partial charge in [0.25, 0.3) is 5.91 Å². The zero-order chi connectivity index (χ0) is 15.0. The number of fused-ring (bicyclic) bond motifs is 1. The van der Waals surface area contributed by atoms with Crippen LogP contribution in [0.4, 0.5) is 4.39 Å². The van der Waals surface area contributed by atoms with E-state index in [4.69, 9.17) is 4.74 Å². The molecule has 2 saturated heterocycles. The largest absolute Gasteiger partial charge is 0.383 e. The van der Waals surface area contributed by atoms with Crippen molar-refractivity contribution in [2.45, 2.75) is 31.4 Å². The molecule has 2 amide bonds. The van der Waals surface area contributed by atoms with Gasteiger partial charge in [-0.05, 0) is 31.6 Å². The molecule has 0 N–H and O–H groups in total. The van der Waals surface area contributed by atoms with Gasteiger partial charge in [0.05, 0.1) is 12.5 Å². The number of ether oxygens (including phenoxy) is 1. The molecule has 3 aliphatic rings. The van der Waals surface area contributed by atoms with Gasteiger partial charge < -0.3 is 14.5 Å². The highest BCUT2D eigenvalue weighted by atomic mass is 19.1. The molecule has 0 spiro atoms. The van der Waals surface area contributed by atoms with Crippen molar-refractivity contribution in [3.63, 3.8) is 0 Å². The van der Waals surface area contributed by atoms with Crippen molar-refractivity contribution in [2.24, 2.45) is 11.8 Å². The van der Waals surface area contributed by atoms with Gasteiger partial charge in [-0.3, -0.25) is 9.59 Å². The maximum atomic E-state index is 14.3. The molecule has 0 radical (unpaired) electrons. The van der Waals surface area contributed by atoms with E-state index in [9.17, 15) is 14.0 Å². The first kappa shape index (κ1) is 14.8. The summed E-state index contributed by atoms with van der Waals surface area (Å²) in [6.07, 6.45) is 2.35. The highest BCUT2D eigenvalue weighted by Crippen LogP contribution is 2.40. The predicted octanol–water partition coefficient (Wildman–Crippen LogP) is 0.832. The summed E-state index contributed by atoms with van der Waals surface area (Å²) in [4.78, 5) is 28.1. The summed E-state index contributed by atoms with van der Waals surface area (Å²) in [7, 11) is 1.62. The van der Waals surface area contributed by atoms with Crippen LogP contribution in [-0.4, -0.2) is 67.2 Å². The normalized spacial score (nSPS) is 31.0. The Morgan fingerprint density at radius 3 is 2.81 bits per heavy atom. The first-order valence-electron chi connectivity index (χ1n) is 7.81. The Morgan fingerprint density at radius 1 is 1.43 bits per heavy atom. The molecule has 1 saturated carbocycles. The molecule has 6 heteroatoms. The minimum atomic E-state index is -1.65. The van der Waals surface area contributed by atoms with Crippen LogP contribution in [-0.2, 0) is 14.3 Å². The first-order valence-corrected chi connectivity index (χ1v) is 7.81. The van der Waals surface area contributed by atoms with Crippen LogP contribution >= 0.6 is 0 Å². The lowest BCUT2D eigenvalue weighted by Crippen LogP contribution is -2.50. The number of amides is 2. The molecule has 21 heavy (non-hydrogen) atoms. The molecule has 3 rings (SSSR count). The standard InChI is InChI=1S/C15H23FN2O3/c1-21-8-7-17-6-3-11-9-18(10-12(11)13(17)19)14(20)15(16)4-2-5-15/h11-12H,2-10H2,1H3. The molecule has 2 heterocycles. The highest BCUT2D eigenvalue weighted by molar-refractivity contribution is 5.88. The fourth-order valence-electron chi connectivity index (χ4n) is 3.68. The van der Waals surface area contributed by atoms with Gasteiger partial charge in [-0.2, -0.15) is 0 Å². The topological polar surface area (TPSA) is 49.9 Å². The highest BCUT2D eigenvalue weighted by Gasteiger charge is 2.51. The van der Waals surface area contributed by atoms with E-state index in [0.717, 1.165) is 12.8 Å². The average Bonchev–Trinajstić information content (AvgIpc) is 2.88. The molecule has 0 aromatic rings. The second-order valence-corrected chi connectivity index (χ2v) is 6.50. The Hall–Kier alpha value is -1.17. The van der Waals surface area contributed by atoms with Crippen LogP contribution in [0.5, 0.6) is 0 Å². The van der Waals surface area contributed by atoms with Crippen LogP contribution in [0.1, 0.15) is 25.7 Å². The molecule has 2 atom stereocenters. The van der Waals surface area contributed by atoms with Crippen molar-refractivity contribution in [2.75, 3.05) is 39.9 Å². The van der Waals surface area contributed by atoms with E-state index in [1.54, 1.807) is 12.0 Å². The summed E-state index contributed by atoms with van der Waals surface area (Å²) in [5, 5.41) is 0. The van der Waals surface area contributed by atoms with Crippen molar-refractivity contribution >= 4 is 11.8 Å². The Labute approximate surface area is 124 Å². The van der Waals surface area contributed by atoms with E-state index in [2.05, 4.69) is 0 Å². The molecule has 0 aromatic carbocycles. The van der Waals surface area contributed by atoms with Crippen molar-refractivity contribution in [3.8, 4) is 0 Å². The quantitative estimate of drug-likeness (QED) is 0.772. The third-order valence-electron chi connectivity index (χ3n) is 5.22. The van der Waals surface area contributed by atoms with E-state index < -0.39 is 5.67 Å². The molecule has 118 valence electrons. The van der Waals surface area contributed by atoms with Crippen LogP contribution in [0, 0.1) is 11.8 Å². The number of hydrogen-bond acceptors (Lipinski definition) is 3. The molecule has 0 aromatic heterocycles. The van der Waals surface area contributed by atoms with Gasteiger partial charge in [-0.25, -0.2) is 4.39 Å². The second kappa shape index (κ2) is 5.55. The molecule has 2 aliphatic heterocycles. The molecule has 5 nitrogen and oxygen atoms in total.